The number of hydrogen-bond donors (Lipinski definition) is 1. The molecule has 2 heterocycles. The highest BCUT2D eigenvalue weighted by Gasteiger charge is 2.18. The van der Waals surface area contributed by atoms with Gasteiger partial charge in [0.05, 0.1) is 0 Å². The number of aromatic nitrogens is 1. The standard InChI is InChI=1S/C11H16ClN3/c1-7(2)15(3)10-4-8-5-13-6-9(8)11(12)14-10/h4,7,13H,5-6H2,1-3H3. The summed E-state index contributed by atoms with van der Waals surface area (Å²) in [5, 5.41) is 3.92. The number of anilines is 1. The maximum absolute atomic E-state index is 6.15. The van der Waals surface area contributed by atoms with Crippen molar-refractivity contribution in [3.05, 3.63) is 22.3 Å². The predicted molar refractivity (Wildman–Crippen MR) is 63.3 cm³/mol. The van der Waals surface area contributed by atoms with Crippen LogP contribution in [-0.2, 0) is 13.1 Å². The van der Waals surface area contributed by atoms with Crippen LogP contribution < -0.4 is 10.2 Å². The number of halogens is 1. The highest BCUT2D eigenvalue weighted by Crippen LogP contribution is 2.27. The summed E-state index contributed by atoms with van der Waals surface area (Å²) >= 11 is 6.15. The summed E-state index contributed by atoms with van der Waals surface area (Å²) in [4.78, 5) is 6.55. The van der Waals surface area contributed by atoms with Gasteiger partial charge in [-0.25, -0.2) is 4.98 Å². The first-order valence-electron chi connectivity index (χ1n) is 5.21. The van der Waals surface area contributed by atoms with Crippen LogP contribution in [0, 0.1) is 0 Å². The lowest BCUT2D eigenvalue weighted by Crippen LogP contribution is -2.26. The molecule has 1 aliphatic rings. The van der Waals surface area contributed by atoms with Crippen molar-refractivity contribution in [1.82, 2.24) is 10.3 Å². The smallest absolute Gasteiger partial charge is 0.136 e. The third-order valence-electron chi connectivity index (χ3n) is 2.91. The molecule has 2 rings (SSSR count). The maximum atomic E-state index is 6.15. The van der Waals surface area contributed by atoms with E-state index in [-0.39, 0.29) is 0 Å². The highest BCUT2D eigenvalue weighted by molar-refractivity contribution is 6.30. The van der Waals surface area contributed by atoms with Gasteiger partial charge in [-0.2, -0.15) is 0 Å². The Hall–Kier alpha value is -0.800. The van der Waals surface area contributed by atoms with Crippen molar-refractivity contribution in [3.8, 4) is 0 Å². The van der Waals surface area contributed by atoms with E-state index in [1.165, 1.54) is 5.56 Å². The van der Waals surface area contributed by atoms with Crippen molar-refractivity contribution < 1.29 is 0 Å². The molecule has 4 heteroatoms. The summed E-state index contributed by atoms with van der Waals surface area (Å²) in [7, 11) is 2.04. The van der Waals surface area contributed by atoms with Gasteiger partial charge in [-0.1, -0.05) is 11.6 Å². The van der Waals surface area contributed by atoms with Crippen LogP contribution in [0.25, 0.3) is 0 Å². The minimum atomic E-state index is 0.431. The van der Waals surface area contributed by atoms with Gasteiger partial charge in [0.2, 0.25) is 0 Å². The Labute approximate surface area is 95.4 Å². The molecule has 0 atom stereocenters. The van der Waals surface area contributed by atoms with Gasteiger partial charge < -0.3 is 10.2 Å². The zero-order valence-electron chi connectivity index (χ0n) is 9.34. The summed E-state index contributed by atoms with van der Waals surface area (Å²) in [6.07, 6.45) is 0. The molecular weight excluding hydrogens is 210 g/mol. The molecule has 0 aromatic carbocycles. The van der Waals surface area contributed by atoms with Crippen LogP contribution in [0.15, 0.2) is 6.07 Å². The molecule has 0 bridgehead atoms. The largest absolute Gasteiger partial charge is 0.357 e. The van der Waals surface area contributed by atoms with Gasteiger partial charge >= 0.3 is 0 Å². The van der Waals surface area contributed by atoms with E-state index in [4.69, 9.17) is 11.6 Å². The Balaban J connectivity index is 2.39. The second kappa shape index (κ2) is 3.99. The number of pyridine rings is 1. The maximum Gasteiger partial charge on any atom is 0.136 e. The van der Waals surface area contributed by atoms with Gasteiger partial charge in [-0.05, 0) is 25.5 Å². The Bertz CT molecular complexity index is 376. The lowest BCUT2D eigenvalue weighted by atomic mass is 10.2. The number of hydrogen-bond acceptors (Lipinski definition) is 3. The van der Waals surface area contributed by atoms with Gasteiger partial charge in [0, 0.05) is 31.7 Å². The lowest BCUT2D eigenvalue weighted by Gasteiger charge is -2.23. The average molecular weight is 226 g/mol. The van der Waals surface area contributed by atoms with Crippen molar-refractivity contribution in [3.63, 3.8) is 0 Å². The average Bonchev–Trinajstić information content (AvgIpc) is 2.64. The predicted octanol–water partition coefficient (Wildman–Crippen LogP) is 2.18. The highest BCUT2D eigenvalue weighted by atomic mass is 35.5. The Kier molecular flexibility index (Phi) is 2.85. The molecule has 0 radical (unpaired) electrons. The number of fused-ring (bicyclic) bond motifs is 1. The molecule has 1 N–H and O–H groups in total. The molecule has 0 amide bonds. The summed E-state index contributed by atoms with van der Waals surface area (Å²) in [5.41, 5.74) is 2.43. The molecule has 0 saturated heterocycles. The first-order valence-corrected chi connectivity index (χ1v) is 5.59. The molecule has 0 spiro atoms. The van der Waals surface area contributed by atoms with Gasteiger partial charge in [0.1, 0.15) is 11.0 Å². The minimum absolute atomic E-state index is 0.431. The summed E-state index contributed by atoms with van der Waals surface area (Å²) in [6, 6.07) is 2.56. The summed E-state index contributed by atoms with van der Waals surface area (Å²) < 4.78 is 0. The van der Waals surface area contributed by atoms with Gasteiger partial charge in [-0.15, -0.1) is 0 Å². The van der Waals surface area contributed by atoms with Gasteiger partial charge in [0.15, 0.2) is 0 Å². The Morgan fingerprint density at radius 1 is 1.47 bits per heavy atom. The third kappa shape index (κ3) is 1.94. The molecular formula is C11H16ClN3. The topological polar surface area (TPSA) is 28.2 Å². The van der Waals surface area contributed by atoms with Crippen LogP contribution in [0.1, 0.15) is 25.0 Å². The Morgan fingerprint density at radius 3 is 2.87 bits per heavy atom. The molecule has 0 unspecified atom stereocenters. The molecule has 0 saturated carbocycles. The number of nitrogens with one attached hydrogen (secondary N) is 1. The quantitative estimate of drug-likeness (QED) is 0.783. The van der Waals surface area contributed by atoms with E-state index in [1.54, 1.807) is 0 Å². The molecule has 0 fully saturated rings. The van der Waals surface area contributed by atoms with Gasteiger partial charge in [0.25, 0.3) is 0 Å². The van der Waals surface area contributed by atoms with Crippen molar-refractivity contribution in [1.29, 1.82) is 0 Å². The first kappa shape index (κ1) is 10.7. The molecule has 3 nitrogen and oxygen atoms in total. The molecule has 82 valence electrons. The van der Waals surface area contributed by atoms with Crippen molar-refractivity contribution in [2.75, 3.05) is 11.9 Å². The fourth-order valence-electron chi connectivity index (χ4n) is 1.69. The van der Waals surface area contributed by atoms with Crippen molar-refractivity contribution >= 4 is 17.4 Å². The van der Waals surface area contributed by atoms with E-state index >= 15 is 0 Å². The SMILES string of the molecule is CC(C)N(C)c1cc2c(c(Cl)n1)CNC2. The van der Waals surface area contributed by atoms with Gasteiger partial charge in [-0.3, -0.25) is 0 Å². The minimum Gasteiger partial charge on any atom is -0.357 e. The third-order valence-corrected chi connectivity index (χ3v) is 3.22. The molecule has 1 aromatic rings. The van der Waals surface area contributed by atoms with Crippen LogP contribution in [0.5, 0.6) is 0 Å². The Morgan fingerprint density at radius 2 is 2.20 bits per heavy atom. The van der Waals surface area contributed by atoms with E-state index in [1.807, 2.05) is 7.05 Å². The van der Waals surface area contributed by atoms with Crippen molar-refractivity contribution in [2.45, 2.75) is 33.0 Å². The normalized spacial score (nSPS) is 14.5. The van der Waals surface area contributed by atoms with E-state index in [0.717, 1.165) is 24.5 Å². The zero-order valence-corrected chi connectivity index (χ0v) is 10.1. The molecule has 1 aliphatic heterocycles. The number of nitrogens with zero attached hydrogens (tertiary/aromatic N) is 2. The van der Waals surface area contributed by atoms with E-state index in [9.17, 15) is 0 Å². The van der Waals surface area contributed by atoms with Crippen molar-refractivity contribution in [2.24, 2.45) is 0 Å². The number of rotatable bonds is 2. The zero-order chi connectivity index (χ0) is 11.0. The lowest BCUT2D eigenvalue weighted by molar-refractivity contribution is 0.742. The second-order valence-corrected chi connectivity index (χ2v) is 4.58. The molecule has 0 aliphatic carbocycles. The van der Waals surface area contributed by atoms with Crippen LogP contribution in [0.4, 0.5) is 5.82 Å². The first-order chi connectivity index (χ1) is 7.09. The van der Waals surface area contributed by atoms with Crippen LogP contribution in [0.2, 0.25) is 5.15 Å². The van der Waals surface area contributed by atoms with E-state index in [0.29, 0.717) is 11.2 Å². The van der Waals surface area contributed by atoms with Crippen LogP contribution in [-0.4, -0.2) is 18.1 Å². The van der Waals surface area contributed by atoms with Crippen LogP contribution >= 0.6 is 11.6 Å². The van der Waals surface area contributed by atoms with Crippen LogP contribution in [0.3, 0.4) is 0 Å². The van der Waals surface area contributed by atoms with E-state index < -0.39 is 0 Å². The fraction of sp³-hybridized carbons (Fsp3) is 0.545. The molecule has 1 aromatic heterocycles. The summed E-state index contributed by atoms with van der Waals surface area (Å²) in [6.45, 7) is 6.02. The monoisotopic (exact) mass is 225 g/mol. The fourth-order valence-corrected chi connectivity index (χ4v) is 1.96. The second-order valence-electron chi connectivity index (χ2n) is 4.22. The molecule has 15 heavy (non-hydrogen) atoms. The van der Waals surface area contributed by atoms with E-state index in [2.05, 4.69) is 35.1 Å². The summed E-state index contributed by atoms with van der Waals surface area (Å²) in [5.74, 6) is 0.956.